The van der Waals surface area contributed by atoms with Crippen LogP contribution < -0.4 is 15.8 Å². The molecule has 6 heteroatoms. The molecule has 1 saturated heterocycles. The van der Waals surface area contributed by atoms with Crippen molar-refractivity contribution in [1.29, 1.82) is 0 Å². The van der Waals surface area contributed by atoms with Gasteiger partial charge in [-0.1, -0.05) is 30.3 Å². The van der Waals surface area contributed by atoms with Crippen LogP contribution in [0.5, 0.6) is 11.5 Å². The Hall–Kier alpha value is -2.08. The normalized spacial score (nSPS) is 16.7. The summed E-state index contributed by atoms with van der Waals surface area (Å²) in [6, 6.07) is 16.8. The minimum atomic E-state index is -0.484. The van der Waals surface area contributed by atoms with E-state index < -0.39 is 6.04 Å². The number of hydrogen-bond donors (Lipinski definition) is 2. The fourth-order valence-electron chi connectivity index (χ4n) is 3.13. The zero-order chi connectivity index (χ0) is 18.4. The van der Waals surface area contributed by atoms with E-state index in [1.54, 1.807) is 0 Å². The third-order valence-corrected chi connectivity index (χ3v) is 4.79. The summed E-state index contributed by atoms with van der Waals surface area (Å²) in [5, 5.41) is 3.02. The van der Waals surface area contributed by atoms with Crippen LogP contribution in [-0.2, 0) is 9.53 Å². The average Bonchev–Trinajstić information content (AvgIpc) is 2.69. The molecule has 1 heterocycles. The molecule has 2 unspecified atom stereocenters. The van der Waals surface area contributed by atoms with E-state index >= 15 is 0 Å². The quantitative estimate of drug-likeness (QED) is 0.786. The Labute approximate surface area is 166 Å². The van der Waals surface area contributed by atoms with Crippen LogP contribution in [-0.4, -0.2) is 25.2 Å². The highest BCUT2D eigenvalue weighted by Gasteiger charge is 2.27. The van der Waals surface area contributed by atoms with Crippen molar-refractivity contribution in [2.45, 2.75) is 31.8 Å². The second-order valence-electron chi connectivity index (χ2n) is 6.69. The van der Waals surface area contributed by atoms with Crippen molar-refractivity contribution < 1.29 is 14.3 Å². The topological polar surface area (TPSA) is 73.6 Å². The number of nitrogens with one attached hydrogen (secondary N) is 1. The number of nitrogens with two attached hydrogens (primary N) is 1. The van der Waals surface area contributed by atoms with E-state index in [4.69, 9.17) is 15.2 Å². The highest BCUT2D eigenvalue weighted by molar-refractivity contribution is 5.85. The van der Waals surface area contributed by atoms with E-state index in [1.807, 2.05) is 61.5 Å². The van der Waals surface area contributed by atoms with Crippen LogP contribution in [0, 0.1) is 5.92 Å². The van der Waals surface area contributed by atoms with Gasteiger partial charge in [-0.15, -0.1) is 12.4 Å². The van der Waals surface area contributed by atoms with Crippen molar-refractivity contribution in [1.82, 2.24) is 5.32 Å². The fraction of sp³-hybridized carbons (Fsp3) is 0.381. The molecule has 0 saturated carbocycles. The highest BCUT2D eigenvalue weighted by atomic mass is 35.5. The Morgan fingerprint density at radius 3 is 2.30 bits per heavy atom. The maximum atomic E-state index is 12.4. The first kappa shape index (κ1) is 21.2. The van der Waals surface area contributed by atoms with Gasteiger partial charge in [0.25, 0.3) is 0 Å². The molecule has 1 amide bonds. The minimum Gasteiger partial charge on any atom is -0.457 e. The molecule has 146 valence electrons. The summed E-state index contributed by atoms with van der Waals surface area (Å²) in [4.78, 5) is 12.4. The molecule has 0 bridgehead atoms. The number of carbonyl (C=O) groups is 1. The van der Waals surface area contributed by atoms with Crippen LogP contribution in [0.15, 0.2) is 54.6 Å². The number of para-hydroxylation sites is 1. The van der Waals surface area contributed by atoms with E-state index in [0.29, 0.717) is 13.2 Å². The average molecular weight is 391 g/mol. The Morgan fingerprint density at radius 1 is 1.07 bits per heavy atom. The lowest BCUT2D eigenvalue weighted by Gasteiger charge is -2.28. The number of halogens is 1. The standard InChI is InChI=1S/C21H26N2O3.ClH/c1-15(23-21(24)20(22)17-11-13-25-14-12-17)16-7-9-19(10-8-16)26-18-5-3-2-4-6-18;/h2-10,15,17,20H,11-14,22H2,1H3,(H,23,24);1H. The first-order valence-electron chi connectivity index (χ1n) is 9.10. The molecule has 0 spiro atoms. The maximum absolute atomic E-state index is 12.4. The fourth-order valence-corrected chi connectivity index (χ4v) is 3.13. The lowest BCUT2D eigenvalue weighted by atomic mass is 9.91. The molecular formula is C21H27ClN2O3. The molecular weight excluding hydrogens is 364 g/mol. The zero-order valence-electron chi connectivity index (χ0n) is 15.5. The third kappa shape index (κ3) is 5.96. The van der Waals surface area contributed by atoms with Gasteiger partial charge in [-0.2, -0.15) is 0 Å². The molecule has 3 rings (SSSR count). The lowest BCUT2D eigenvalue weighted by Crippen LogP contribution is -2.47. The van der Waals surface area contributed by atoms with Crippen LogP contribution in [0.4, 0.5) is 0 Å². The second kappa shape index (κ2) is 10.3. The first-order valence-corrected chi connectivity index (χ1v) is 9.10. The summed E-state index contributed by atoms with van der Waals surface area (Å²) < 4.78 is 11.1. The van der Waals surface area contributed by atoms with Gasteiger partial charge in [0, 0.05) is 13.2 Å². The van der Waals surface area contributed by atoms with E-state index in [-0.39, 0.29) is 30.3 Å². The van der Waals surface area contributed by atoms with E-state index in [1.165, 1.54) is 0 Å². The summed E-state index contributed by atoms with van der Waals surface area (Å²) in [5.41, 5.74) is 7.15. The van der Waals surface area contributed by atoms with Gasteiger partial charge in [-0.25, -0.2) is 0 Å². The molecule has 27 heavy (non-hydrogen) atoms. The summed E-state index contributed by atoms with van der Waals surface area (Å²) in [5.74, 6) is 1.65. The molecule has 5 nitrogen and oxygen atoms in total. The number of amides is 1. The van der Waals surface area contributed by atoms with Crippen molar-refractivity contribution in [2.24, 2.45) is 11.7 Å². The Kier molecular flexibility index (Phi) is 8.10. The third-order valence-electron chi connectivity index (χ3n) is 4.79. The Bertz CT molecular complexity index is 703. The number of rotatable bonds is 6. The second-order valence-corrected chi connectivity index (χ2v) is 6.69. The molecule has 2 atom stereocenters. The van der Waals surface area contributed by atoms with Gasteiger partial charge in [-0.3, -0.25) is 4.79 Å². The molecule has 0 aromatic heterocycles. The van der Waals surface area contributed by atoms with Gasteiger partial charge in [0.15, 0.2) is 0 Å². The number of carbonyl (C=O) groups excluding carboxylic acids is 1. The van der Waals surface area contributed by atoms with Crippen LogP contribution in [0.2, 0.25) is 0 Å². The molecule has 1 aliphatic rings. The predicted molar refractivity (Wildman–Crippen MR) is 108 cm³/mol. The van der Waals surface area contributed by atoms with Crippen molar-refractivity contribution in [3.8, 4) is 11.5 Å². The number of benzene rings is 2. The van der Waals surface area contributed by atoms with Gasteiger partial charge in [-0.05, 0) is 55.5 Å². The van der Waals surface area contributed by atoms with Gasteiger partial charge in [0.1, 0.15) is 11.5 Å². The molecule has 1 aliphatic heterocycles. The SMILES string of the molecule is CC(NC(=O)C(N)C1CCOCC1)c1ccc(Oc2ccccc2)cc1.Cl. The van der Waals surface area contributed by atoms with Gasteiger partial charge in [0.2, 0.25) is 5.91 Å². The monoisotopic (exact) mass is 390 g/mol. The van der Waals surface area contributed by atoms with Crippen LogP contribution in [0.25, 0.3) is 0 Å². The molecule has 1 fully saturated rings. The largest absolute Gasteiger partial charge is 0.457 e. The summed E-state index contributed by atoms with van der Waals surface area (Å²) >= 11 is 0. The highest BCUT2D eigenvalue weighted by Crippen LogP contribution is 2.24. The van der Waals surface area contributed by atoms with E-state index in [9.17, 15) is 4.79 Å². The van der Waals surface area contributed by atoms with Crippen molar-refractivity contribution >= 4 is 18.3 Å². The van der Waals surface area contributed by atoms with Crippen LogP contribution in [0.3, 0.4) is 0 Å². The van der Waals surface area contributed by atoms with E-state index in [0.717, 1.165) is 29.9 Å². The summed E-state index contributed by atoms with van der Waals surface area (Å²) in [6.45, 7) is 3.33. The molecule has 0 aliphatic carbocycles. The van der Waals surface area contributed by atoms with Gasteiger partial charge < -0.3 is 20.5 Å². The van der Waals surface area contributed by atoms with E-state index in [2.05, 4.69) is 5.32 Å². The zero-order valence-corrected chi connectivity index (χ0v) is 16.3. The first-order chi connectivity index (χ1) is 12.6. The smallest absolute Gasteiger partial charge is 0.237 e. The van der Waals surface area contributed by atoms with Crippen LogP contribution in [0.1, 0.15) is 31.4 Å². The summed E-state index contributed by atoms with van der Waals surface area (Å²) in [6.07, 6.45) is 1.68. The molecule has 0 radical (unpaired) electrons. The Morgan fingerprint density at radius 2 is 1.67 bits per heavy atom. The van der Waals surface area contributed by atoms with Gasteiger partial charge >= 0.3 is 0 Å². The number of ether oxygens (including phenoxy) is 2. The van der Waals surface area contributed by atoms with Crippen molar-refractivity contribution in [3.63, 3.8) is 0 Å². The lowest BCUT2D eigenvalue weighted by molar-refractivity contribution is -0.125. The minimum absolute atomic E-state index is 0. The molecule has 2 aromatic rings. The molecule has 3 N–H and O–H groups in total. The Balaban J connectivity index is 0.00000261. The number of hydrogen-bond acceptors (Lipinski definition) is 4. The predicted octanol–water partition coefficient (Wildman–Crippen LogP) is 3.83. The maximum Gasteiger partial charge on any atom is 0.237 e. The van der Waals surface area contributed by atoms with Crippen molar-refractivity contribution in [2.75, 3.05) is 13.2 Å². The van der Waals surface area contributed by atoms with Crippen LogP contribution >= 0.6 is 12.4 Å². The molecule has 2 aromatic carbocycles. The van der Waals surface area contributed by atoms with Crippen molar-refractivity contribution in [3.05, 3.63) is 60.2 Å². The summed E-state index contributed by atoms with van der Waals surface area (Å²) in [7, 11) is 0. The van der Waals surface area contributed by atoms with Gasteiger partial charge in [0.05, 0.1) is 12.1 Å².